The largest absolute Gasteiger partial charge is 0.381 e. The SMILES string of the molecule is Cn1nnc(=O)[nH]1. The van der Waals surface area contributed by atoms with Crippen molar-refractivity contribution in [1.82, 2.24) is 20.2 Å². The molecule has 0 aliphatic rings. The Hall–Kier alpha value is -1.13. The molecule has 1 aromatic rings. The minimum Gasteiger partial charge on any atom is -0.242 e. The van der Waals surface area contributed by atoms with E-state index in [2.05, 4.69) is 15.4 Å². The molecule has 0 aliphatic carbocycles. The molecule has 5 nitrogen and oxygen atoms in total. The van der Waals surface area contributed by atoms with Gasteiger partial charge < -0.3 is 0 Å². The Kier molecular flexibility index (Phi) is 0.680. The zero-order chi connectivity index (χ0) is 5.28. The summed E-state index contributed by atoms with van der Waals surface area (Å²) >= 11 is 0. The summed E-state index contributed by atoms with van der Waals surface area (Å²) in [6, 6.07) is 0. The number of hydrogen-bond donors (Lipinski definition) is 1. The third kappa shape index (κ3) is 0.648. The van der Waals surface area contributed by atoms with Crippen molar-refractivity contribution >= 4 is 0 Å². The van der Waals surface area contributed by atoms with Crippen LogP contribution in [0.5, 0.6) is 0 Å². The molecule has 1 N–H and O–H groups in total. The average Bonchev–Trinajstić information content (AvgIpc) is 1.87. The maximum absolute atomic E-state index is 10.0. The van der Waals surface area contributed by atoms with Crippen molar-refractivity contribution < 1.29 is 0 Å². The van der Waals surface area contributed by atoms with Crippen molar-refractivity contribution in [3.05, 3.63) is 10.5 Å². The zero-order valence-corrected chi connectivity index (χ0v) is 3.75. The van der Waals surface area contributed by atoms with E-state index in [1.165, 1.54) is 4.80 Å². The van der Waals surface area contributed by atoms with Gasteiger partial charge in [-0.25, -0.2) is 9.89 Å². The van der Waals surface area contributed by atoms with Crippen LogP contribution in [0.15, 0.2) is 4.79 Å². The maximum Gasteiger partial charge on any atom is 0.381 e. The van der Waals surface area contributed by atoms with Crippen molar-refractivity contribution in [2.75, 3.05) is 0 Å². The maximum atomic E-state index is 10.0. The van der Waals surface area contributed by atoms with Crippen LogP contribution in [0.4, 0.5) is 0 Å². The fraction of sp³-hybridized carbons (Fsp3) is 0.500. The third-order valence-electron chi connectivity index (χ3n) is 0.527. The number of nitrogens with zero attached hydrogens (tertiary/aromatic N) is 3. The smallest absolute Gasteiger partial charge is 0.242 e. The van der Waals surface area contributed by atoms with Gasteiger partial charge >= 0.3 is 5.69 Å². The van der Waals surface area contributed by atoms with Gasteiger partial charge in [-0.1, -0.05) is 5.10 Å². The van der Waals surface area contributed by atoms with Gasteiger partial charge in [0, 0.05) is 7.05 Å². The highest BCUT2D eigenvalue weighted by Crippen LogP contribution is 1.47. The Morgan fingerprint density at radius 2 is 2.57 bits per heavy atom. The number of tetrazole rings is 1. The first kappa shape index (κ1) is 4.04. The van der Waals surface area contributed by atoms with E-state index >= 15 is 0 Å². The second-order valence-corrected chi connectivity index (χ2v) is 1.13. The van der Waals surface area contributed by atoms with Gasteiger partial charge in [-0.2, -0.15) is 4.80 Å². The van der Waals surface area contributed by atoms with E-state index in [9.17, 15) is 4.79 Å². The van der Waals surface area contributed by atoms with E-state index < -0.39 is 5.69 Å². The fourth-order valence-electron chi connectivity index (χ4n) is 0.291. The highest BCUT2D eigenvalue weighted by molar-refractivity contribution is 4.39. The Labute approximate surface area is 38.9 Å². The van der Waals surface area contributed by atoms with Crippen molar-refractivity contribution in [3.63, 3.8) is 0 Å². The molecule has 7 heavy (non-hydrogen) atoms. The normalized spacial score (nSPS) is 9.29. The molecular formula is C2H4N4O. The molecule has 1 aromatic heterocycles. The van der Waals surface area contributed by atoms with Crippen LogP contribution in [0.1, 0.15) is 0 Å². The van der Waals surface area contributed by atoms with E-state index in [0.29, 0.717) is 0 Å². The lowest BCUT2D eigenvalue weighted by Crippen LogP contribution is -2.03. The molecule has 0 aromatic carbocycles. The molecule has 0 saturated heterocycles. The lowest BCUT2D eigenvalue weighted by Gasteiger charge is -1.74. The van der Waals surface area contributed by atoms with Crippen LogP contribution in [0, 0.1) is 0 Å². The van der Waals surface area contributed by atoms with Crippen molar-refractivity contribution in [2.45, 2.75) is 0 Å². The van der Waals surface area contributed by atoms with Crippen LogP contribution in [-0.2, 0) is 7.05 Å². The minimum atomic E-state index is -0.414. The first-order valence-corrected chi connectivity index (χ1v) is 1.75. The summed E-state index contributed by atoms with van der Waals surface area (Å²) < 4.78 is 0. The summed E-state index contributed by atoms with van der Waals surface area (Å²) in [5.74, 6) is 0. The van der Waals surface area contributed by atoms with E-state index in [0.717, 1.165) is 0 Å². The van der Waals surface area contributed by atoms with Gasteiger partial charge in [0.15, 0.2) is 0 Å². The predicted octanol–water partition coefficient (Wildman–Crippen LogP) is -1.50. The summed E-state index contributed by atoms with van der Waals surface area (Å²) in [6.07, 6.45) is 0. The summed E-state index contributed by atoms with van der Waals surface area (Å²) in [5.41, 5.74) is -0.414. The van der Waals surface area contributed by atoms with Crippen LogP contribution < -0.4 is 5.69 Å². The molecule has 0 amide bonds. The lowest BCUT2D eigenvalue weighted by atomic mass is 11.3. The van der Waals surface area contributed by atoms with Crippen LogP contribution >= 0.6 is 0 Å². The zero-order valence-electron chi connectivity index (χ0n) is 3.75. The van der Waals surface area contributed by atoms with Crippen molar-refractivity contribution in [3.8, 4) is 0 Å². The third-order valence-corrected chi connectivity index (χ3v) is 0.527. The molecule has 0 bridgehead atoms. The number of nitrogens with one attached hydrogen (secondary N) is 1. The van der Waals surface area contributed by atoms with Crippen LogP contribution in [0.3, 0.4) is 0 Å². The van der Waals surface area contributed by atoms with Gasteiger partial charge in [0.05, 0.1) is 0 Å². The Morgan fingerprint density at radius 3 is 2.71 bits per heavy atom. The molecular weight excluding hydrogens is 96.0 g/mol. The first-order chi connectivity index (χ1) is 3.29. The second kappa shape index (κ2) is 1.18. The van der Waals surface area contributed by atoms with Gasteiger partial charge in [0.2, 0.25) is 0 Å². The Bertz CT molecular complexity index is 197. The molecule has 0 unspecified atom stereocenters. The van der Waals surface area contributed by atoms with Gasteiger partial charge in [-0.05, 0) is 5.21 Å². The number of aromatic amines is 1. The van der Waals surface area contributed by atoms with E-state index in [4.69, 9.17) is 0 Å². The molecule has 0 fully saturated rings. The number of rotatable bonds is 0. The molecule has 5 heteroatoms. The molecule has 0 saturated carbocycles. The number of aryl methyl sites for hydroxylation is 1. The molecule has 1 heterocycles. The van der Waals surface area contributed by atoms with E-state index in [-0.39, 0.29) is 0 Å². The Morgan fingerprint density at radius 1 is 1.86 bits per heavy atom. The van der Waals surface area contributed by atoms with E-state index in [1.807, 2.05) is 0 Å². The fourth-order valence-corrected chi connectivity index (χ4v) is 0.291. The van der Waals surface area contributed by atoms with Gasteiger partial charge in [0.25, 0.3) is 0 Å². The van der Waals surface area contributed by atoms with E-state index in [1.54, 1.807) is 7.05 Å². The number of aromatic nitrogens is 4. The molecule has 0 radical (unpaired) electrons. The molecule has 38 valence electrons. The van der Waals surface area contributed by atoms with Gasteiger partial charge in [0.1, 0.15) is 0 Å². The van der Waals surface area contributed by atoms with Crippen LogP contribution in [0.2, 0.25) is 0 Å². The minimum absolute atomic E-state index is 0.414. The van der Waals surface area contributed by atoms with Gasteiger partial charge in [-0.15, -0.1) is 0 Å². The Balaban J connectivity index is 3.30. The quantitative estimate of drug-likeness (QED) is 0.431. The average molecular weight is 100 g/mol. The molecule has 0 spiro atoms. The molecule has 0 atom stereocenters. The number of hydrogen-bond acceptors (Lipinski definition) is 3. The highest BCUT2D eigenvalue weighted by Gasteiger charge is 1.81. The second-order valence-electron chi connectivity index (χ2n) is 1.13. The summed E-state index contributed by atoms with van der Waals surface area (Å²) in [6.45, 7) is 0. The summed E-state index contributed by atoms with van der Waals surface area (Å²) in [5, 5.41) is 8.71. The molecule has 1 rings (SSSR count). The first-order valence-electron chi connectivity index (χ1n) is 1.75. The molecule has 0 aliphatic heterocycles. The van der Waals surface area contributed by atoms with Crippen LogP contribution in [0.25, 0.3) is 0 Å². The summed E-state index contributed by atoms with van der Waals surface area (Å²) in [7, 11) is 1.59. The van der Waals surface area contributed by atoms with Crippen LogP contribution in [-0.4, -0.2) is 20.2 Å². The lowest BCUT2D eigenvalue weighted by molar-refractivity contribution is 0.628. The monoisotopic (exact) mass is 100 g/mol. The van der Waals surface area contributed by atoms with Crippen molar-refractivity contribution in [1.29, 1.82) is 0 Å². The van der Waals surface area contributed by atoms with Gasteiger partial charge in [-0.3, -0.25) is 0 Å². The highest BCUT2D eigenvalue weighted by atomic mass is 16.2. The summed E-state index contributed by atoms with van der Waals surface area (Å²) in [4.78, 5) is 11.3. The topological polar surface area (TPSA) is 63.6 Å². The predicted molar refractivity (Wildman–Crippen MR) is 21.6 cm³/mol. The standard InChI is InChI=1S/C2H4N4O/c1-6-4-2(7)3-5-6/h1H3,(H,4,7). The number of H-pyrrole nitrogens is 1. The van der Waals surface area contributed by atoms with Crippen molar-refractivity contribution in [2.24, 2.45) is 7.05 Å².